The Hall–Kier alpha value is -5.42. The zero-order valence-corrected chi connectivity index (χ0v) is 33.4. The molecule has 56 heavy (non-hydrogen) atoms. The van der Waals surface area contributed by atoms with Gasteiger partial charge in [-0.15, -0.1) is 23.1 Å². The number of hydrogen-bond donors (Lipinski definition) is 3. The van der Waals surface area contributed by atoms with Gasteiger partial charge in [0.1, 0.15) is 40.5 Å². The zero-order valence-electron chi connectivity index (χ0n) is 30.1. The molecule has 5 aromatic rings. The van der Waals surface area contributed by atoms with Gasteiger partial charge in [0.15, 0.2) is 15.2 Å². The highest BCUT2D eigenvalue weighted by molar-refractivity contribution is 8.02. The van der Waals surface area contributed by atoms with Crippen LogP contribution in [0.1, 0.15) is 28.1 Å². The van der Waals surface area contributed by atoms with Crippen molar-refractivity contribution in [2.75, 3.05) is 42.4 Å². The highest BCUT2D eigenvalue weighted by Crippen LogP contribution is 2.44. The highest BCUT2D eigenvalue weighted by atomic mass is 32.2. The van der Waals surface area contributed by atoms with E-state index in [9.17, 15) is 19.5 Å². The van der Waals surface area contributed by atoms with Gasteiger partial charge in [0.2, 0.25) is 0 Å². The van der Waals surface area contributed by atoms with Crippen LogP contribution in [0.25, 0.3) is 6.08 Å². The lowest BCUT2D eigenvalue weighted by molar-refractivity contribution is -0.150. The van der Waals surface area contributed by atoms with Crippen LogP contribution in [-0.4, -0.2) is 87.1 Å². The standard InChI is InChI=1S/C40H35N7O5S4/c1-46-20-12-19-28-35(46)56-39(42-28)55-22-24-21-53-36-31(34(49)47(36)32(24)37(50)51)43-33(48)30(45-52-2)29-23-54-38(41-29)44-40(25-13-6-3-7-14-25,26-15-8-4-9-16-26)27-17-10-5-11-18-27/h3-19,23,31,36H,20-22H2,1-2H3,(H,41,44)(H,43,48)(H,50,51)/t31?,36-/m0/s1. The van der Waals surface area contributed by atoms with Crippen LogP contribution < -0.4 is 15.5 Å². The number of β-lactam (4-membered cyclic amide) rings is 1. The first-order valence-electron chi connectivity index (χ1n) is 17.5. The molecular formula is C40H35N7O5S4. The molecule has 2 aromatic heterocycles. The zero-order chi connectivity index (χ0) is 38.8. The van der Waals surface area contributed by atoms with Gasteiger partial charge in [0, 0.05) is 30.5 Å². The van der Waals surface area contributed by atoms with E-state index in [4.69, 9.17) is 14.8 Å². The minimum atomic E-state index is -1.19. The second kappa shape index (κ2) is 16.0. The fourth-order valence-corrected chi connectivity index (χ4v) is 11.3. The molecule has 0 bridgehead atoms. The molecule has 0 spiro atoms. The number of nitrogens with zero attached hydrogens (tertiary/aromatic N) is 5. The van der Waals surface area contributed by atoms with Crippen molar-refractivity contribution in [3.63, 3.8) is 0 Å². The summed E-state index contributed by atoms with van der Waals surface area (Å²) in [6.45, 7) is 0.806. The van der Waals surface area contributed by atoms with E-state index in [0.29, 0.717) is 22.2 Å². The van der Waals surface area contributed by atoms with Crippen LogP contribution in [-0.2, 0) is 24.8 Å². The van der Waals surface area contributed by atoms with Gasteiger partial charge in [-0.05, 0) is 28.3 Å². The third-order valence-corrected chi connectivity index (χ3v) is 14.1. The Morgan fingerprint density at radius 1 is 1.00 bits per heavy atom. The molecule has 1 unspecified atom stereocenters. The van der Waals surface area contributed by atoms with Gasteiger partial charge in [-0.2, -0.15) is 0 Å². The molecule has 2 atom stereocenters. The summed E-state index contributed by atoms with van der Waals surface area (Å²) in [5, 5.41) is 23.5. The molecule has 12 nitrogen and oxygen atoms in total. The number of nitrogens with one attached hydrogen (secondary N) is 2. The predicted octanol–water partition coefficient (Wildman–Crippen LogP) is 6.35. The summed E-state index contributed by atoms with van der Waals surface area (Å²) >= 11 is 5.73. The van der Waals surface area contributed by atoms with Crippen LogP contribution in [0.3, 0.4) is 0 Å². The van der Waals surface area contributed by atoms with E-state index in [0.717, 1.165) is 38.3 Å². The Morgan fingerprint density at radius 2 is 1.64 bits per heavy atom. The summed E-state index contributed by atoms with van der Waals surface area (Å²) in [4.78, 5) is 58.0. The number of carbonyl (C=O) groups is 3. The van der Waals surface area contributed by atoms with Crippen molar-refractivity contribution in [2.45, 2.75) is 21.3 Å². The molecule has 3 aliphatic heterocycles. The third kappa shape index (κ3) is 6.97. The molecule has 16 heteroatoms. The van der Waals surface area contributed by atoms with Gasteiger partial charge in [0.05, 0.1) is 5.69 Å². The molecule has 3 N–H and O–H groups in total. The number of hydrogen-bond acceptors (Lipinski definition) is 13. The van der Waals surface area contributed by atoms with Gasteiger partial charge >= 0.3 is 5.97 Å². The first kappa shape index (κ1) is 37.5. The van der Waals surface area contributed by atoms with E-state index in [1.54, 1.807) is 16.7 Å². The van der Waals surface area contributed by atoms with Gasteiger partial charge in [-0.3, -0.25) is 14.5 Å². The molecule has 1 saturated heterocycles. The van der Waals surface area contributed by atoms with E-state index < -0.39 is 34.7 Å². The van der Waals surface area contributed by atoms with E-state index in [-0.39, 0.29) is 17.1 Å². The summed E-state index contributed by atoms with van der Waals surface area (Å²) in [5.74, 6) is -1.62. The molecule has 3 aromatic carbocycles. The maximum atomic E-state index is 13.9. The summed E-state index contributed by atoms with van der Waals surface area (Å²) in [6, 6.07) is 29.3. The molecule has 8 rings (SSSR count). The summed E-state index contributed by atoms with van der Waals surface area (Å²) < 4.78 is 0.828. The van der Waals surface area contributed by atoms with Gasteiger partial charge in [0.25, 0.3) is 11.8 Å². The maximum absolute atomic E-state index is 13.9. The van der Waals surface area contributed by atoms with Crippen molar-refractivity contribution in [2.24, 2.45) is 5.16 Å². The smallest absolute Gasteiger partial charge is 0.352 e. The maximum Gasteiger partial charge on any atom is 0.352 e. The molecule has 0 radical (unpaired) electrons. The lowest BCUT2D eigenvalue weighted by Crippen LogP contribution is -2.71. The number of carbonyl (C=O) groups excluding carboxylic acids is 2. The topological polar surface area (TPSA) is 149 Å². The van der Waals surface area contributed by atoms with E-state index in [1.165, 1.54) is 46.9 Å². The number of anilines is 2. The Bertz CT molecular complexity index is 2270. The molecular weight excluding hydrogens is 787 g/mol. The molecule has 3 aliphatic rings. The minimum Gasteiger partial charge on any atom is -0.477 e. The Balaban J connectivity index is 1.01. The Kier molecular flexibility index (Phi) is 10.7. The van der Waals surface area contributed by atoms with Crippen LogP contribution in [0.5, 0.6) is 0 Å². The largest absolute Gasteiger partial charge is 0.477 e. The first-order valence-corrected chi connectivity index (χ1v) is 21.3. The normalized spacial score (nSPS) is 17.9. The highest BCUT2D eigenvalue weighted by Gasteiger charge is 2.54. The lowest BCUT2D eigenvalue weighted by atomic mass is 9.77. The number of benzene rings is 3. The van der Waals surface area contributed by atoms with Crippen LogP contribution in [0.2, 0.25) is 0 Å². The number of aromatic nitrogens is 2. The molecule has 2 amide bonds. The summed E-state index contributed by atoms with van der Waals surface area (Å²) in [7, 11) is 3.34. The Morgan fingerprint density at radius 3 is 2.23 bits per heavy atom. The van der Waals surface area contributed by atoms with Crippen LogP contribution in [0.15, 0.2) is 123 Å². The number of oxime groups is 1. The van der Waals surface area contributed by atoms with Crippen LogP contribution >= 0.6 is 46.2 Å². The number of amides is 2. The molecule has 1 fully saturated rings. The van der Waals surface area contributed by atoms with Crippen LogP contribution in [0.4, 0.5) is 10.1 Å². The van der Waals surface area contributed by atoms with Crippen LogP contribution in [0, 0.1) is 0 Å². The lowest BCUT2D eigenvalue weighted by Gasteiger charge is -2.49. The van der Waals surface area contributed by atoms with Crippen molar-refractivity contribution in [1.82, 2.24) is 20.2 Å². The van der Waals surface area contributed by atoms with E-state index >= 15 is 0 Å². The number of carboxylic acids is 1. The number of aliphatic carboxylic acids is 1. The summed E-state index contributed by atoms with van der Waals surface area (Å²) in [6.07, 6.45) is 4.04. The van der Waals surface area contributed by atoms with Crippen molar-refractivity contribution < 1.29 is 24.3 Å². The summed E-state index contributed by atoms with van der Waals surface area (Å²) in [5.41, 5.74) is 3.71. The average molecular weight is 822 g/mol. The van der Waals surface area contributed by atoms with Crippen molar-refractivity contribution >= 4 is 85.9 Å². The fraction of sp³-hybridized carbons (Fsp3) is 0.200. The van der Waals surface area contributed by atoms with Crippen molar-refractivity contribution in [3.8, 4) is 0 Å². The van der Waals surface area contributed by atoms with Crippen molar-refractivity contribution in [3.05, 3.63) is 142 Å². The SMILES string of the molecule is CON=C(C(=O)NC1C(=O)N2C(C(=O)O)=C(CSc3nc4c(s3)N(C)CC=C4)CS[C@@H]12)c1csc(NC(c2ccccc2)(c2ccccc2)c2ccccc2)n1. The van der Waals surface area contributed by atoms with E-state index in [1.807, 2.05) is 67.7 Å². The van der Waals surface area contributed by atoms with Crippen molar-refractivity contribution in [1.29, 1.82) is 0 Å². The predicted molar refractivity (Wildman–Crippen MR) is 223 cm³/mol. The number of thiazole rings is 2. The molecule has 0 saturated carbocycles. The number of rotatable bonds is 13. The second-order valence-electron chi connectivity index (χ2n) is 13.0. The molecule has 5 heterocycles. The fourth-order valence-electron chi connectivity index (χ4n) is 6.98. The number of fused-ring (bicyclic) bond motifs is 2. The monoisotopic (exact) mass is 821 g/mol. The quantitative estimate of drug-likeness (QED) is 0.0401. The van der Waals surface area contributed by atoms with E-state index in [2.05, 4.69) is 63.2 Å². The number of likely N-dealkylation sites (N-methyl/N-ethyl adjacent to an activating group) is 1. The Labute approximate surface area is 339 Å². The average Bonchev–Trinajstić information content (AvgIpc) is 3.88. The molecule has 284 valence electrons. The van der Waals surface area contributed by atoms with Gasteiger partial charge in [-0.1, -0.05) is 125 Å². The first-order chi connectivity index (χ1) is 27.3. The molecule has 0 aliphatic carbocycles. The third-order valence-electron chi connectivity index (χ3n) is 9.58. The second-order valence-corrected chi connectivity index (χ2v) is 17.2. The number of thioether (sulfide) groups is 2. The van der Waals surface area contributed by atoms with Gasteiger partial charge < -0.3 is 25.5 Å². The minimum absolute atomic E-state index is 0.0465. The van der Waals surface area contributed by atoms with Gasteiger partial charge in [-0.25, -0.2) is 14.8 Å². The number of carboxylic acid groups (broad SMARTS) is 1.